The molecule has 2 N–H and O–H groups in total. The third kappa shape index (κ3) is 2.80. The van der Waals surface area contributed by atoms with E-state index >= 15 is 0 Å². The summed E-state index contributed by atoms with van der Waals surface area (Å²) in [6.07, 6.45) is 3.06. The quantitative estimate of drug-likeness (QED) is 0.877. The Balaban J connectivity index is 2.12. The smallest absolute Gasteiger partial charge is 0.307 e. The molecule has 1 amide bonds. The van der Waals surface area contributed by atoms with Gasteiger partial charge in [0.2, 0.25) is 5.91 Å². The zero-order valence-corrected chi connectivity index (χ0v) is 11.3. The van der Waals surface area contributed by atoms with E-state index in [2.05, 4.69) is 5.43 Å². The number of carboxylic acids is 1. The molecule has 2 atom stereocenters. The van der Waals surface area contributed by atoms with Crippen molar-refractivity contribution >= 4 is 11.9 Å². The number of carbonyl (C=O) groups is 2. The topological polar surface area (TPSA) is 71.3 Å². The van der Waals surface area contributed by atoms with Gasteiger partial charge in [-0.3, -0.25) is 19.7 Å². The highest BCUT2D eigenvalue weighted by atomic mass is 16.4. The Labute approximate surface area is 112 Å². The van der Waals surface area contributed by atoms with Crippen molar-refractivity contribution < 1.29 is 14.7 Å². The van der Waals surface area contributed by atoms with Crippen molar-refractivity contribution in [2.45, 2.75) is 39.5 Å². The summed E-state index contributed by atoms with van der Waals surface area (Å²) < 4.78 is 1.72. The second kappa shape index (κ2) is 5.47. The van der Waals surface area contributed by atoms with Crippen molar-refractivity contribution in [3.05, 3.63) is 23.5 Å². The molecule has 1 aromatic heterocycles. The van der Waals surface area contributed by atoms with Gasteiger partial charge in [-0.05, 0) is 38.8 Å². The number of aliphatic carboxylic acids is 1. The molecule has 0 spiro atoms. The van der Waals surface area contributed by atoms with Gasteiger partial charge >= 0.3 is 5.97 Å². The highest BCUT2D eigenvalue weighted by molar-refractivity contribution is 5.90. The minimum Gasteiger partial charge on any atom is -0.481 e. The highest BCUT2D eigenvalue weighted by Gasteiger charge is 2.35. The molecule has 0 aliphatic heterocycles. The summed E-state index contributed by atoms with van der Waals surface area (Å²) in [7, 11) is 0. The molecule has 1 fully saturated rings. The van der Waals surface area contributed by atoms with E-state index in [0.29, 0.717) is 12.8 Å². The Morgan fingerprint density at radius 2 is 1.68 bits per heavy atom. The van der Waals surface area contributed by atoms with Crippen LogP contribution in [0.1, 0.15) is 37.1 Å². The molecule has 104 valence electrons. The number of aromatic nitrogens is 1. The van der Waals surface area contributed by atoms with Gasteiger partial charge in [-0.15, -0.1) is 0 Å². The third-order valence-electron chi connectivity index (χ3n) is 3.91. The van der Waals surface area contributed by atoms with Crippen molar-refractivity contribution in [2.24, 2.45) is 11.8 Å². The largest absolute Gasteiger partial charge is 0.481 e. The first kappa shape index (κ1) is 13.6. The first-order chi connectivity index (χ1) is 9.00. The van der Waals surface area contributed by atoms with Crippen LogP contribution in [-0.4, -0.2) is 21.7 Å². The van der Waals surface area contributed by atoms with E-state index < -0.39 is 17.8 Å². The van der Waals surface area contributed by atoms with Crippen LogP contribution < -0.4 is 5.43 Å². The fourth-order valence-corrected chi connectivity index (χ4v) is 2.78. The predicted molar refractivity (Wildman–Crippen MR) is 71.4 cm³/mol. The van der Waals surface area contributed by atoms with Crippen LogP contribution in [0.5, 0.6) is 0 Å². The molecule has 1 aliphatic rings. The zero-order valence-electron chi connectivity index (χ0n) is 11.3. The minimum atomic E-state index is -0.860. The van der Waals surface area contributed by atoms with Crippen LogP contribution in [0.25, 0.3) is 0 Å². The van der Waals surface area contributed by atoms with Crippen LogP contribution in [0.4, 0.5) is 0 Å². The molecular weight excluding hydrogens is 244 g/mol. The normalized spacial score (nSPS) is 23.1. The summed E-state index contributed by atoms with van der Waals surface area (Å²) in [5.41, 5.74) is 4.70. The van der Waals surface area contributed by atoms with Gasteiger partial charge in [0.1, 0.15) is 0 Å². The first-order valence-corrected chi connectivity index (χ1v) is 6.69. The van der Waals surface area contributed by atoms with E-state index in [1.807, 2.05) is 26.0 Å². The SMILES string of the molecule is Cc1ccc(C)n1NC(=O)[C@@H]1CCCC[C@@H]1C(=O)O. The van der Waals surface area contributed by atoms with E-state index in [9.17, 15) is 14.7 Å². The molecule has 0 saturated heterocycles. The zero-order chi connectivity index (χ0) is 14.0. The molecule has 0 bridgehead atoms. The maximum atomic E-state index is 12.3. The molecule has 1 heterocycles. The lowest BCUT2D eigenvalue weighted by atomic mass is 9.79. The fraction of sp³-hybridized carbons (Fsp3) is 0.571. The van der Waals surface area contributed by atoms with Crippen LogP contribution in [0.15, 0.2) is 12.1 Å². The number of amides is 1. The molecule has 0 radical (unpaired) electrons. The Morgan fingerprint density at radius 1 is 1.16 bits per heavy atom. The van der Waals surface area contributed by atoms with Gasteiger partial charge in [0.15, 0.2) is 0 Å². The van der Waals surface area contributed by atoms with Crippen molar-refractivity contribution in [1.29, 1.82) is 0 Å². The Kier molecular flexibility index (Phi) is 3.93. The monoisotopic (exact) mass is 264 g/mol. The average Bonchev–Trinajstić information content (AvgIpc) is 2.70. The number of nitrogens with zero attached hydrogens (tertiary/aromatic N) is 1. The Hall–Kier alpha value is -1.78. The lowest BCUT2D eigenvalue weighted by Gasteiger charge is -2.28. The molecule has 2 rings (SSSR count). The summed E-state index contributed by atoms with van der Waals surface area (Å²) in [5.74, 6) is -2.02. The molecule has 19 heavy (non-hydrogen) atoms. The molecule has 5 nitrogen and oxygen atoms in total. The van der Waals surface area contributed by atoms with Crippen molar-refractivity contribution in [2.75, 3.05) is 5.43 Å². The van der Waals surface area contributed by atoms with Crippen LogP contribution in [0.3, 0.4) is 0 Å². The number of nitrogens with one attached hydrogen (secondary N) is 1. The number of hydrogen-bond acceptors (Lipinski definition) is 2. The van der Waals surface area contributed by atoms with Gasteiger partial charge in [0, 0.05) is 11.4 Å². The van der Waals surface area contributed by atoms with Gasteiger partial charge in [0.25, 0.3) is 0 Å². The van der Waals surface area contributed by atoms with Crippen LogP contribution in [0, 0.1) is 25.7 Å². The van der Waals surface area contributed by atoms with E-state index in [4.69, 9.17) is 0 Å². The van der Waals surface area contributed by atoms with E-state index in [0.717, 1.165) is 24.2 Å². The number of carbonyl (C=O) groups excluding carboxylic acids is 1. The molecule has 1 saturated carbocycles. The minimum absolute atomic E-state index is 0.186. The maximum absolute atomic E-state index is 12.3. The number of rotatable bonds is 3. The van der Waals surface area contributed by atoms with Gasteiger partial charge in [-0.25, -0.2) is 0 Å². The third-order valence-corrected chi connectivity index (χ3v) is 3.91. The average molecular weight is 264 g/mol. The number of hydrogen-bond donors (Lipinski definition) is 2. The second-order valence-corrected chi connectivity index (χ2v) is 5.26. The molecule has 5 heteroatoms. The molecule has 1 aromatic rings. The van der Waals surface area contributed by atoms with Crippen LogP contribution >= 0.6 is 0 Å². The van der Waals surface area contributed by atoms with Crippen molar-refractivity contribution in [1.82, 2.24) is 4.68 Å². The van der Waals surface area contributed by atoms with Crippen LogP contribution in [-0.2, 0) is 9.59 Å². The summed E-state index contributed by atoms with van der Waals surface area (Å²) in [5, 5.41) is 9.21. The fourth-order valence-electron chi connectivity index (χ4n) is 2.78. The number of aryl methyl sites for hydroxylation is 2. The van der Waals surface area contributed by atoms with E-state index in [-0.39, 0.29) is 5.91 Å². The summed E-state index contributed by atoms with van der Waals surface area (Å²) >= 11 is 0. The molecule has 0 aromatic carbocycles. The van der Waals surface area contributed by atoms with Gasteiger partial charge < -0.3 is 5.11 Å². The van der Waals surface area contributed by atoms with E-state index in [1.165, 1.54) is 0 Å². The van der Waals surface area contributed by atoms with Crippen molar-refractivity contribution in [3.63, 3.8) is 0 Å². The Bertz CT molecular complexity index is 473. The maximum Gasteiger partial charge on any atom is 0.307 e. The van der Waals surface area contributed by atoms with E-state index in [1.54, 1.807) is 4.68 Å². The van der Waals surface area contributed by atoms with Gasteiger partial charge in [-0.1, -0.05) is 12.8 Å². The number of carboxylic acid groups (broad SMARTS) is 1. The standard InChI is InChI=1S/C14H20N2O3/c1-9-7-8-10(2)16(9)15-13(17)11-5-3-4-6-12(11)14(18)19/h7-8,11-12H,3-6H2,1-2H3,(H,15,17)(H,18,19)/t11-,12+/m1/s1. The first-order valence-electron chi connectivity index (χ1n) is 6.69. The predicted octanol–water partition coefficient (Wildman–Crippen LogP) is 2.07. The van der Waals surface area contributed by atoms with Crippen molar-refractivity contribution in [3.8, 4) is 0 Å². The van der Waals surface area contributed by atoms with Crippen LogP contribution in [0.2, 0.25) is 0 Å². The second-order valence-electron chi connectivity index (χ2n) is 5.26. The lowest BCUT2D eigenvalue weighted by molar-refractivity contribution is -0.148. The molecular formula is C14H20N2O3. The van der Waals surface area contributed by atoms with Gasteiger partial charge in [-0.2, -0.15) is 0 Å². The van der Waals surface area contributed by atoms with Gasteiger partial charge in [0.05, 0.1) is 11.8 Å². The Morgan fingerprint density at radius 3 is 2.21 bits per heavy atom. The highest BCUT2D eigenvalue weighted by Crippen LogP contribution is 2.30. The summed E-state index contributed by atoms with van der Waals surface area (Å²) in [6, 6.07) is 3.84. The summed E-state index contributed by atoms with van der Waals surface area (Å²) in [6.45, 7) is 3.81. The molecule has 0 unspecified atom stereocenters. The summed E-state index contributed by atoms with van der Waals surface area (Å²) in [4.78, 5) is 23.5. The lowest BCUT2D eigenvalue weighted by Crippen LogP contribution is -2.39. The molecule has 1 aliphatic carbocycles.